The highest BCUT2D eigenvalue weighted by molar-refractivity contribution is 5.97. The molecule has 6 heteroatoms. The van der Waals surface area contributed by atoms with Crippen molar-refractivity contribution >= 4 is 11.7 Å². The van der Waals surface area contributed by atoms with Crippen LogP contribution in [-0.4, -0.2) is 40.6 Å². The minimum absolute atomic E-state index is 0.0393. The van der Waals surface area contributed by atoms with Crippen molar-refractivity contribution < 1.29 is 5.11 Å². The molecule has 0 aliphatic carbocycles. The second-order valence-electron chi connectivity index (χ2n) is 3.71. The number of nitrogens with zero attached hydrogens (tertiary/aromatic N) is 3. The number of nitrogen functional groups attached to an aromatic ring is 1. The van der Waals surface area contributed by atoms with Crippen LogP contribution in [0.3, 0.4) is 0 Å². The molecule has 0 aliphatic heterocycles. The fourth-order valence-corrected chi connectivity index (χ4v) is 1.55. The number of aliphatic hydroxyl groups excluding tert-OH is 1. The standard InChI is InChI=1S/C11H19N5O/c1-2-3-6-16(7-8-17)11-9(10(12)13)14-4-5-15-11/h4-5,17H,2-3,6-8H2,1H3,(H3,12,13). The number of anilines is 1. The van der Waals surface area contributed by atoms with E-state index < -0.39 is 0 Å². The molecule has 0 aromatic carbocycles. The SMILES string of the molecule is CCCCN(CCO)c1nccnc1C(=N)N. The van der Waals surface area contributed by atoms with Crippen molar-refractivity contribution in [2.24, 2.45) is 5.73 Å². The smallest absolute Gasteiger partial charge is 0.158 e. The summed E-state index contributed by atoms with van der Waals surface area (Å²) in [5, 5.41) is 16.5. The summed E-state index contributed by atoms with van der Waals surface area (Å²) < 4.78 is 0. The summed E-state index contributed by atoms with van der Waals surface area (Å²) in [4.78, 5) is 10.2. The monoisotopic (exact) mass is 237 g/mol. The molecule has 1 aromatic heterocycles. The average molecular weight is 237 g/mol. The lowest BCUT2D eigenvalue weighted by atomic mass is 10.3. The van der Waals surface area contributed by atoms with Gasteiger partial charge < -0.3 is 15.7 Å². The summed E-state index contributed by atoms with van der Waals surface area (Å²) >= 11 is 0. The van der Waals surface area contributed by atoms with E-state index in [0.29, 0.717) is 18.1 Å². The van der Waals surface area contributed by atoms with Gasteiger partial charge >= 0.3 is 0 Å². The largest absolute Gasteiger partial charge is 0.395 e. The Morgan fingerprint density at radius 3 is 2.71 bits per heavy atom. The van der Waals surface area contributed by atoms with Crippen LogP contribution >= 0.6 is 0 Å². The maximum Gasteiger partial charge on any atom is 0.158 e. The molecule has 0 spiro atoms. The summed E-state index contributed by atoms with van der Waals surface area (Å²) in [7, 11) is 0. The van der Waals surface area contributed by atoms with E-state index in [9.17, 15) is 0 Å². The molecular weight excluding hydrogens is 218 g/mol. The summed E-state index contributed by atoms with van der Waals surface area (Å²) in [5.41, 5.74) is 5.84. The van der Waals surface area contributed by atoms with Crippen molar-refractivity contribution in [3.05, 3.63) is 18.1 Å². The van der Waals surface area contributed by atoms with Gasteiger partial charge in [-0.1, -0.05) is 13.3 Å². The number of rotatable bonds is 7. The Labute approximate surface area is 101 Å². The highest BCUT2D eigenvalue weighted by atomic mass is 16.3. The van der Waals surface area contributed by atoms with Crippen LogP contribution in [0.1, 0.15) is 25.5 Å². The first kappa shape index (κ1) is 13.4. The quantitative estimate of drug-likeness (QED) is 0.469. The third-order valence-electron chi connectivity index (χ3n) is 2.39. The Kier molecular flexibility index (Phi) is 5.35. The molecular formula is C11H19N5O. The van der Waals surface area contributed by atoms with E-state index in [4.69, 9.17) is 16.2 Å². The van der Waals surface area contributed by atoms with Gasteiger partial charge in [0.25, 0.3) is 0 Å². The van der Waals surface area contributed by atoms with E-state index in [2.05, 4.69) is 16.9 Å². The van der Waals surface area contributed by atoms with E-state index in [-0.39, 0.29) is 12.4 Å². The van der Waals surface area contributed by atoms with Crippen LogP contribution in [0.4, 0.5) is 5.82 Å². The molecule has 0 saturated carbocycles. The zero-order valence-electron chi connectivity index (χ0n) is 10.1. The molecule has 1 heterocycles. The summed E-state index contributed by atoms with van der Waals surface area (Å²) in [6.07, 6.45) is 5.13. The molecule has 17 heavy (non-hydrogen) atoms. The summed E-state index contributed by atoms with van der Waals surface area (Å²) in [5.74, 6) is 0.468. The molecule has 1 aromatic rings. The zero-order valence-corrected chi connectivity index (χ0v) is 10.1. The number of unbranched alkanes of at least 4 members (excludes halogenated alkanes) is 1. The lowest BCUT2D eigenvalue weighted by Gasteiger charge is -2.23. The first-order valence-electron chi connectivity index (χ1n) is 5.72. The third-order valence-corrected chi connectivity index (χ3v) is 2.39. The minimum Gasteiger partial charge on any atom is -0.395 e. The summed E-state index contributed by atoms with van der Waals surface area (Å²) in [6, 6.07) is 0. The van der Waals surface area contributed by atoms with Gasteiger partial charge in [0.15, 0.2) is 5.82 Å². The highest BCUT2D eigenvalue weighted by Gasteiger charge is 2.14. The van der Waals surface area contributed by atoms with E-state index in [1.54, 1.807) is 6.20 Å². The predicted octanol–water partition coefficient (Wildman–Crippen LogP) is 0.359. The van der Waals surface area contributed by atoms with E-state index in [0.717, 1.165) is 19.4 Å². The second kappa shape index (κ2) is 6.80. The van der Waals surface area contributed by atoms with Crippen molar-refractivity contribution in [1.29, 1.82) is 5.41 Å². The van der Waals surface area contributed by atoms with Crippen molar-refractivity contribution in [3.8, 4) is 0 Å². The number of nitrogens with one attached hydrogen (secondary N) is 1. The van der Waals surface area contributed by atoms with Gasteiger partial charge in [-0.25, -0.2) is 9.97 Å². The lowest BCUT2D eigenvalue weighted by Crippen LogP contribution is -2.31. The molecule has 4 N–H and O–H groups in total. The van der Waals surface area contributed by atoms with E-state index in [1.165, 1.54) is 6.20 Å². The van der Waals surface area contributed by atoms with E-state index in [1.807, 2.05) is 4.90 Å². The van der Waals surface area contributed by atoms with Gasteiger partial charge in [-0.05, 0) is 6.42 Å². The van der Waals surface area contributed by atoms with Gasteiger partial charge in [0.1, 0.15) is 11.5 Å². The number of nitrogens with two attached hydrogens (primary N) is 1. The molecule has 94 valence electrons. The molecule has 0 atom stereocenters. The van der Waals surface area contributed by atoms with Gasteiger partial charge in [0.05, 0.1) is 6.61 Å². The molecule has 0 fully saturated rings. The molecule has 0 amide bonds. The van der Waals surface area contributed by atoms with Gasteiger partial charge in [-0.2, -0.15) is 0 Å². The Balaban J connectivity index is 2.95. The Bertz CT molecular complexity index is 369. The maximum absolute atomic E-state index is 9.05. The predicted molar refractivity (Wildman–Crippen MR) is 67.3 cm³/mol. The van der Waals surface area contributed by atoms with Crippen molar-refractivity contribution in [1.82, 2.24) is 9.97 Å². The summed E-state index contributed by atoms with van der Waals surface area (Å²) in [6.45, 7) is 3.38. The first-order valence-corrected chi connectivity index (χ1v) is 5.72. The van der Waals surface area contributed by atoms with Crippen molar-refractivity contribution in [2.45, 2.75) is 19.8 Å². The van der Waals surface area contributed by atoms with E-state index >= 15 is 0 Å². The molecule has 1 rings (SSSR count). The normalized spacial score (nSPS) is 10.2. The van der Waals surface area contributed by atoms with Gasteiger partial charge in [0.2, 0.25) is 0 Å². The topological polar surface area (TPSA) is 99.1 Å². The van der Waals surface area contributed by atoms with Crippen LogP contribution in [0.5, 0.6) is 0 Å². The first-order chi connectivity index (χ1) is 8.20. The minimum atomic E-state index is -0.104. The average Bonchev–Trinajstić information content (AvgIpc) is 2.34. The number of aliphatic hydroxyl groups is 1. The molecule has 0 saturated heterocycles. The number of hydrogen-bond donors (Lipinski definition) is 3. The van der Waals surface area contributed by atoms with Crippen molar-refractivity contribution in [2.75, 3.05) is 24.6 Å². The number of aromatic nitrogens is 2. The fourth-order valence-electron chi connectivity index (χ4n) is 1.55. The van der Waals surface area contributed by atoms with Crippen LogP contribution < -0.4 is 10.6 Å². The number of amidine groups is 1. The van der Waals surface area contributed by atoms with Crippen LogP contribution in [0.15, 0.2) is 12.4 Å². The molecule has 0 bridgehead atoms. The third kappa shape index (κ3) is 3.67. The van der Waals surface area contributed by atoms with Crippen LogP contribution in [0.2, 0.25) is 0 Å². The van der Waals surface area contributed by atoms with Crippen LogP contribution in [0, 0.1) is 5.41 Å². The van der Waals surface area contributed by atoms with Crippen LogP contribution in [0.25, 0.3) is 0 Å². The maximum atomic E-state index is 9.05. The van der Waals surface area contributed by atoms with Gasteiger partial charge in [0, 0.05) is 25.5 Å². The van der Waals surface area contributed by atoms with Gasteiger partial charge in [-0.15, -0.1) is 0 Å². The number of hydrogen-bond acceptors (Lipinski definition) is 5. The molecule has 0 unspecified atom stereocenters. The Morgan fingerprint density at radius 2 is 2.12 bits per heavy atom. The fraction of sp³-hybridized carbons (Fsp3) is 0.545. The molecule has 6 nitrogen and oxygen atoms in total. The van der Waals surface area contributed by atoms with Crippen LogP contribution in [-0.2, 0) is 0 Å². The van der Waals surface area contributed by atoms with Crippen molar-refractivity contribution in [3.63, 3.8) is 0 Å². The Morgan fingerprint density at radius 1 is 1.41 bits per heavy atom. The molecule has 0 radical (unpaired) electrons. The molecule has 0 aliphatic rings. The second-order valence-corrected chi connectivity index (χ2v) is 3.71. The lowest BCUT2D eigenvalue weighted by molar-refractivity contribution is 0.301. The zero-order chi connectivity index (χ0) is 12.7. The van der Waals surface area contributed by atoms with Gasteiger partial charge in [-0.3, -0.25) is 5.41 Å². The Hall–Kier alpha value is -1.69. The highest BCUT2D eigenvalue weighted by Crippen LogP contribution is 2.14.